The number of aromatic nitrogens is 1. The number of carbonyl (C=O) groups excluding carboxylic acids is 1. The van der Waals surface area contributed by atoms with E-state index in [0.717, 1.165) is 10.9 Å². The van der Waals surface area contributed by atoms with E-state index in [4.69, 9.17) is 5.26 Å². The van der Waals surface area contributed by atoms with Crippen molar-refractivity contribution in [3.05, 3.63) is 36.0 Å². The van der Waals surface area contributed by atoms with Gasteiger partial charge in [-0.15, -0.1) is 0 Å². The molecule has 0 aliphatic rings. The van der Waals surface area contributed by atoms with Crippen LogP contribution in [0.25, 0.3) is 10.9 Å². The molecule has 4 nitrogen and oxygen atoms in total. The van der Waals surface area contributed by atoms with E-state index >= 15 is 0 Å². The van der Waals surface area contributed by atoms with E-state index in [1.807, 2.05) is 48.9 Å². The Balaban J connectivity index is 2.34. The van der Waals surface area contributed by atoms with E-state index in [1.165, 1.54) is 0 Å². The molecule has 0 radical (unpaired) electrons. The molecule has 2 aromatic rings. The Labute approximate surface area is 106 Å². The molecule has 0 spiro atoms. The number of aryl methyl sites for hydroxylation is 1. The largest absolute Gasteiger partial charge is 0.340 e. The van der Waals surface area contributed by atoms with Crippen LogP contribution < -0.4 is 5.32 Å². The van der Waals surface area contributed by atoms with Crippen LogP contribution in [0.3, 0.4) is 0 Å². The first-order valence-electron chi connectivity index (χ1n) is 5.92. The zero-order valence-electron chi connectivity index (χ0n) is 10.5. The van der Waals surface area contributed by atoms with Gasteiger partial charge in [-0.3, -0.25) is 4.79 Å². The zero-order valence-corrected chi connectivity index (χ0v) is 10.5. The van der Waals surface area contributed by atoms with Gasteiger partial charge in [-0.1, -0.05) is 25.1 Å². The van der Waals surface area contributed by atoms with Crippen molar-refractivity contribution < 1.29 is 4.79 Å². The molecule has 18 heavy (non-hydrogen) atoms. The molecule has 0 saturated heterocycles. The number of fused-ring (bicyclic) bond motifs is 1. The van der Waals surface area contributed by atoms with E-state index in [2.05, 4.69) is 11.4 Å². The van der Waals surface area contributed by atoms with Crippen LogP contribution in [-0.2, 0) is 7.05 Å². The highest BCUT2D eigenvalue weighted by molar-refractivity contribution is 5.98. The van der Waals surface area contributed by atoms with Crippen molar-refractivity contribution in [2.45, 2.75) is 19.4 Å². The van der Waals surface area contributed by atoms with Crippen LogP contribution >= 0.6 is 0 Å². The Kier molecular flexibility index (Phi) is 3.33. The molecule has 0 aliphatic heterocycles. The van der Waals surface area contributed by atoms with Gasteiger partial charge in [-0.2, -0.15) is 5.26 Å². The number of rotatable bonds is 3. The SMILES string of the molecule is CC[C@@H](C#N)NC(=O)c1cc2ccccc2n1C. The predicted molar refractivity (Wildman–Crippen MR) is 70.1 cm³/mol. The lowest BCUT2D eigenvalue weighted by Crippen LogP contribution is -2.34. The summed E-state index contributed by atoms with van der Waals surface area (Å²) in [6.07, 6.45) is 0.603. The number of benzene rings is 1. The molecule has 1 amide bonds. The van der Waals surface area contributed by atoms with E-state index < -0.39 is 6.04 Å². The number of para-hydroxylation sites is 1. The molecule has 1 N–H and O–H groups in total. The van der Waals surface area contributed by atoms with Crippen LogP contribution in [0.5, 0.6) is 0 Å². The minimum Gasteiger partial charge on any atom is -0.340 e. The molecule has 1 aromatic heterocycles. The van der Waals surface area contributed by atoms with Gasteiger partial charge in [-0.05, 0) is 18.6 Å². The number of nitriles is 1. The average Bonchev–Trinajstić information content (AvgIpc) is 2.74. The van der Waals surface area contributed by atoms with E-state index in [0.29, 0.717) is 12.1 Å². The van der Waals surface area contributed by atoms with Gasteiger partial charge in [0.2, 0.25) is 0 Å². The Hall–Kier alpha value is -2.28. The van der Waals surface area contributed by atoms with Crippen molar-refractivity contribution in [1.29, 1.82) is 5.26 Å². The molecule has 0 fully saturated rings. The topological polar surface area (TPSA) is 57.8 Å². The van der Waals surface area contributed by atoms with Gasteiger partial charge in [0.1, 0.15) is 11.7 Å². The molecule has 92 valence electrons. The van der Waals surface area contributed by atoms with E-state index in [-0.39, 0.29) is 5.91 Å². The van der Waals surface area contributed by atoms with Crippen LogP contribution in [0.15, 0.2) is 30.3 Å². The van der Waals surface area contributed by atoms with Crippen LogP contribution in [0.4, 0.5) is 0 Å². The molecule has 0 saturated carbocycles. The molecule has 2 rings (SSSR count). The van der Waals surface area contributed by atoms with Gasteiger partial charge in [-0.25, -0.2) is 0 Å². The summed E-state index contributed by atoms with van der Waals surface area (Å²) >= 11 is 0. The first-order valence-corrected chi connectivity index (χ1v) is 5.92. The van der Waals surface area contributed by atoms with Crippen LogP contribution in [0, 0.1) is 11.3 Å². The van der Waals surface area contributed by atoms with Gasteiger partial charge in [0, 0.05) is 18.0 Å². The summed E-state index contributed by atoms with van der Waals surface area (Å²) < 4.78 is 1.84. The van der Waals surface area contributed by atoms with Gasteiger partial charge in [0.15, 0.2) is 0 Å². The molecular weight excluding hydrogens is 226 g/mol. The smallest absolute Gasteiger partial charge is 0.268 e. The molecule has 0 aliphatic carbocycles. The summed E-state index contributed by atoms with van der Waals surface area (Å²) in [4.78, 5) is 12.1. The fourth-order valence-corrected chi connectivity index (χ4v) is 1.96. The normalized spacial score (nSPS) is 12.1. The number of hydrogen-bond acceptors (Lipinski definition) is 2. The Morgan fingerprint density at radius 3 is 2.83 bits per heavy atom. The third kappa shape index (κ3) is 2.07. The quantitative estimate of drug-likeness (QED) is 0.895. The van der Waals surface area contributed by atoms with Crippen molar-refractivity contribution in [3.63, 3.8) is 0 Å². The van der Waals surface area contributed by atoms with Crippen molar-refractivity contribution in [2.75, 3.05) is 0 Å². The van der Waals surface area contributed by atoms with Gasteiger partial charge in [0.25, 0.3) is 5.91 Å². The molecule has 1 atom stereocenters. The van der Waals surface area contributed by atoms with Gasteiger partial charge in [0.05, 0.1) is 6.07 Å². The lowest BCUT2D eigenvalue weighted by Gasteiger charge is -2.09. The molecule has 4 heteroatoms. The standard InChI is InChI=1S/C14H15N3O/c1-3-11(9-15)16-14(18)13-8-10-6-4-5-7-12(10)17(13)2/h4-8,11H,3H2,1-2H3,(H,16,18)/t11-/m0/s1. The fraction of sp³-hybridized carbons (Fsp3) is 0.286. The summed E-state index contributed by atoms with van der Waals surface area (Å²) in [5, 5.41) is 12.6. The number of amides is 1. The third-order valence-electron chi connectivity index (χ3n) is 3.05. The second kappa shape index (κ2) is 4.92. The first-order chi connectivity index (χ1) is 8.67. The maximum atomic E-state index is 12.1. The second-order valence-corrected chi connectivity index (χ2v) is 4.21. The maximum absolute atomic E-state index is 12.1. The van der Waals surface area contributed by atoms with Crippen molar-refractivity contribution in [2.24, 2.45) is 7.05 Å². The lowest BCUT2D eigenvalue weighted by atomic mass is 10.2. The van der Waals surface area contributed by atoms with Crippen LogP contribution in [0.1, 0.15) is 23.8 Å². The second-order valence-electron chi connectivity index (χ2n) is 4.21. The lowest BCUT2D eigenvalue weighted by molar-refractivity contribution is 0.0937. The van der Waals surface area contributed by atoms with Crippen molar-refractivity contribution >= 4 is 16.8 Å². The molecule has 1 heterocycles. The number of nitrogens with zero attached hydrogens (tertiary/aromatic N) is 2. The van der Waals surface area contributed by atoms with E-state index in [1.54, 1.807) is 0 Å². The molecule has 0 unspecified atom stereocenters. The summed E-state index contributed by atoms with van der Waals surface area (Å²) in [5.74, 6) is -0.206. The summed E-state index contributed by atoms with van der Waals surface area (Å²) in [7, 11) is 1.85. The zero-order chi connectivity index (χ0) is 13.1. The third-order valence-corrected chi connectivity index (χ3v) is 3.05. The molecule has 0 bridgehead atoms. The fourth-order valence-electron chi connectivity index (χ4n) is 1.96. The Bertz CT molecular complexity index is 621. The first kappa shape index (κ1) is 12.2. The highest BCUT2D eigenvalue weighted by Gasteiger charge is 2.15. The average molecular weight is 241 g/mol. The number of nitrogens with one attached hydrogen (secondary N) is 1. The van der Waals surface area contributed by atoms with Gasteiger partial charge < -0.3 is 9.88 Å². The number of carbonyl (C=O) groups is 1. The van der Waals surface area contributed by atoms with Gasteiger partial charge >= 0.3 is 0 Å². The van der Waals surface area contributed by atoms with Crippen molar-refractivity contribution in [1.82, 2.24) is 9.88 Å². The monoisotopic (exact) mass is 241 g/mol. The predicted octanol–water partition coefficient (Wildman–Crippen LogP) is 2.21. The minimum absolute atomic E-state index is 0.206. The summed E-state index contributed by atoms with van der Waals surface area (Å²) in [6, 6.07) is 11.3. The molecule has 1 aromatic carbocycles. The van der Waals surface area contributed by atoms with E-state index in [9.17, 15) is 4.79 Å². The highest BCUT2D eigenvalue weighted by Crippen LogP contribution is 2.18. The minimum atomic E-state index is -0.435. The highest BCUT2D eigenvalue weighted by atomic mass is 16.2. The van der Waals surface area contributed by atoms with Crippen LogP contribution in [0.2, 0.25) is 0 Å². The van der Waals surface area contributed by atoms with Crippen molar-refractivity contribution in [3.8, 4) is 6.07 Å². The van der Waals surface area contributed by atoms with Crippen LogP contribution in [-0.4, -0.2) is 16.5 Å². The Morgan fingerprint density at radius 1 is 1.50 bits per heavy atom. The molecular formula is C14H15N3O. The summed E-state index contributed by atoms with van der Waals surface area (Å²) in [6.45, 7) is 1.87. The number of hydrogen-bond donors (Lipinski definition) is 1. The summed E-state index contributed by atoms with van der Waals surface area (Å²) in [5.41, 5.74) is 1.58. The Morgan fingerprint density at radius 2 is 2.22 bits per heavy atom. The maximum Gasteiger partial charge on any atom is 0.268 e.